The highest BCUT2D eigenvalue weighted by molar-refractivity contribution is 7.99. The van der Waals surface area contributed by atoms with Gasteiger partial charge in [0.2, 0.25) is 0 Å². The molecule has 0 radical (unpaired) electrons. The summed E-state index contributed by atoms with van der Waals surface area (Å²) >= 11 is 1.88. The molecule has 104 valence electrons. The Morgan fingerprint density at radius 1 is 0.750 bits per heavy atom. The van der Waals surface area contributed by atoms with E-state index in [-0.39, 0.29) is 0 Å². The number of fused-ring (bicyclic) bond motifs is 2. The predicted molar refractivity (Wildman–Crippen MR) is 88.5 cm³/mol. The van der Waals surface area contributed by atoms with Crippen molar-refractivity contribution in [2.75, 3.05) is 5.32 Å². The second-order valence-corrected chi connectivity index (χ2v) is 7.13. The molecule has 2 aromatic rings. The van der Waals surface area contributed by atoms with Crippen LogP contribution in [0.1, 0.15) is 50.7 Å². The molecule has 1 heterocycles. The zero-order valence-corrected chi connectivity index (χ0v) is 13.3. The van der Waals surface area contributed by atoms with Crippen molar-refractivity contribution < 1.29 is 0 Å². The number of nitrogens with one attached hydrogen (secondary N) is 1. The molecule has 0 bridgehead atoms. The van der Waals surface area contributed by atoms with E-state index in [1.807, 2.05) is 11.8 Å². The zero-order valence-electron chi connectivity index (χ0n) is 12.5. The standard InChI is InChI=1S/C18H21NS/c1-11(2)13-5-7-15-17(9-13)20-18-10-14(12(3)4)6-8-16(18)19-15/h5-12,19H,1-4H3. The Morgan fingerprint density at radius 2 is 1.20 bits per heavy atom. The van der Waals surface area contributed by atoms with Gasteiger partial charge < -0.3 is 5.32 Å². The largest absolute Gasteiger partial charge is 0.354 e. The maximum absolute atomic E-state index is 3.55. The molecule has 0 saturated carbocycles. The van der Waals surface area contributed by atoms with Gasteiger partial charge in [0.1, 0.15) is 0 Å². The van der Waals surface area contributed by atoms with Crippen molar-refractivity contribution in [2.45, 2.75) is 49.3 Å². The van der Waals surface area contributed by atoms with Crippen molar-refractivity contribution in [3.8, 4) is 0 Å². The summed E-state index contributed by atoms with van der Waals surface area (Å²) in [5.41, 5.74) is 5.26. The fraction of sp³-hybridized carbons (Fsp3) is 0.333. The summed E-state index contributed by atoms with van der Waals surface area (Å²) in [7, 11) is 0. The smallest absolute Gasteiger partial charge is 0.0526 e. The molecular weight excluding hydrogens is 262 g/mol. The monoisotopic (exact) mass is 283 g/mol. The fourth-order valence-electron chi connectivity index (χ4n) is 2.44. The van der Waals surface area contributed by atoms with Crippen LogP contribution in [0.5, 0.6) is 0 Å². The summed E-state index contributed by atoms with van der Waals surface area (Å²) in [4.78, 5) is 2.68. The van der Waals surface area contributed by atoms with Crippen molar-refractivity contribution in [1.82, 2.24) is 0 Å². The summed E-state index contributed by atoms with van der Waals surface area (Å²) in [5.74, 6) is 1.15. The third-order valence-corrected chi connectivity index (χ3v) is 4.95. The van der Waals surface area contributed by atoms with E-state index < -0.39 is 0 Å². The lowest BCUT2D eigenvalue weighted by molar-refractivity contribution is 0.860. The highest BCUT2D eigenvalue weighted by Gasteiger charge is 2.17. The van der Waals surface area contributed by atoms with Crippen molar-refractivity contribution in [3.63, 3.8) is 0 Å². The Labute approximate surface area is 125 Å². The Bertz CT molecular complexity index is 588. The van der Waals surface area contributed by atoms with E-state index in [1.54, 1.807) is 0 Å². The van der Waals surface area contributed by atoms with Crippen LogP contribution in [0.4, 0.5) is 11.4 Å². The van der Waals surface area contributed by atoms with Gasteiger partial charge in [-0.05, 0) is 47.2 Å². The number of benzene rings is 2. The second-order valence-electron chi connectivity index (χ2n) is 6.05. The normalized spacial score (nSPS) is 13.1. The van der Waals surface area contributed by atoms with Crippen LogP contribution in [-0.2, 0) is 0 Å². The summed E-state index contributed by atoms with van der Waals surface area (Å²) in [5, 5.41) is 3.55. The molecule has 0 atom stereocenters. The molecule has 0 fully saturated rings. The molecule has 3 rings (SSSR count). The van der Waals surface area contributed by atoms with E-state index in [0.717, 1.165) is 0 Å². The molecular formula is C18H21NS. The molecule has 0 unspecified atom stereocenters. The van der Waals surface area contributed by atoms with Gasteiger partial charge in [-0.15, -0.1) is 0 Å². The number of rotatable bonds is 2. The Kier molecular flexibility index (Phi) is 3.51. The van der Waals surface area contributed by atoms with Crippen molar-refractivity contribution in [1.29, 1.82) is 0 Å². The Balaban J connectivity index is 1.99. The van der Waals surface area contributed by atoms with Gasteiger partial charge in [0.15, 0.2) is 0 Å². The molecule has 0 spiro atoms. The number of anilines is 2. The van der Waals surface area contributed by atoms with Gasteiger partial charge in [0.25, 0.3) is 0 Å². The van der Waals surface area contributed by atoms with Crippen LogP contribution >= 0.6 is 11.8 Å². The summed E-state index contributed by atoms with van der Waals surface area (Å²) in [6.45, 7) is 8.97. The van der Waals surface area contributed by atoms with E-state index in [4.69, 9.17) is 0 Å². The van der Waals surface area contributed by atoms with Crippen LogP contribution in [0.3, 0.4) is 0 Å². The Morgan fingerprint density at radius 3 is 1.60 bits per heavy atom. The van der Waals surface area contributed by atoms with E-state index >= 15 is 0 Å². The van der Waals surface area contributed by atoms with E-state index in [9.17, 15) is 0 Å². The lowest BCUT2D eigenvalue weighted by Gasteiger charge is -2.23. The van der Waals surface area contributed by atoms with Gasteiger partial charge in [-0.1, -0.05) is 51.6 Å². The summed E-state index contributed by atoms with van der Waals surface area (Å²) in [6.07, 6.45) is 0. The summed E-state index contributed by atoms with van der Waals surface area (Å²) in [6, 6.07) is 13.5. The van der Waals surface area contributed by atoms with Crippen LogP contribution in [0.2, 0.25) is 0 Å². The molecule has 20 heavy (non-hydrogen) atoms. The fourth-order valence-corrected chi connectivity index (χ4v) is 3.52. The van der Waals surface area contributed by atoms with Crippen molar-refractivity contribution in [3.05, 3.63) is 47.5 Å². The third-order valence-electron chi connectivity index (χ3n) is 3.83. The first-order chi connectivity index (χ1) is 9.54. The first-order valence-corrected chi connectivity index (χ1v) is 8.09. The van der Waals surface area contributed by atoms with Crippen molar-refractivity contribution >= 4 is 23.1 Å². The minimum atomic E-state index is 0.573. The molecule has 2 heteroatoms. The highest BCUT2D eigenvalue weighted by Crippen LogP contribution is 2.45. The van der Waals surface area contributed by atoms with E-state index in [0.29, 0.717) is 11.8 Å². The molecule has 1 aliphatic rings. The quantitative estimate of drug-likeness (QED) is 0.606. The van der Waals surface area contributed by atoms with Crippen LogP contribution in [0, 0.1) is 0 Å². The predicted octanol–water partition coefficient (Wildman–Crippen LogP) is 6.14. The highest BCUT2D eigenvalue weighted by atomic mass is 32.2. The third kappa shape index (κ3) is 2.45. The lowest BCUT2D eigenvalue weighted by Crippen LogP contribution is -2.02. The first kappa shape index (κ1) is 13.6. The molecule has 1 N–H and O–H groups in total. The SMILES string of the molecule is CC(C)c1ccc2c(c1)Sc1cc(C(C)C)ccc1N2. The van der Waals surface area contributed by atoms with Gasteiger partial charge in [0, 0.05) is 9.79 Å². The Hall–Kier alpha value is -1.41. The average molecular weight is 283 g/mol. The van der Waals surface area contributed by atoms with Crippen LogP contribution in [-0.4, -0.2) is 0 Å². The molecule has 0 saturated heterocycles. The van der Waals surface area contributed by atoms with Crippen LogP contribution in [0.25, 0.3) is 0 Å². The lowest BCUT2D eigenvalue weighted by atomic mass is 10.0. The second kappa shape index (κ2) is 5.17. The molecule has 0 amide bonds. The molecule has 0 aromatic heterocycles. The minimum Gasteiger partial charge on any atom is -0.354 e. The van der Waals surface area contributed by atoms with Crippen LogP contribution < -0.4 is 5.32 Å². The van der Waals surface area contributed by atoms with Gasteiger partial charge in [-0.3, -0.25) is 0 Å². The number of hydrogen-bond donors (Lipinski definition) is 1. The van der Waals surface area contributed by atoms with Gasteiger partial charge in [-0.25, -0.2) is 0 Å². The topological polar surface area (TPSA) is 12.0 Å². The molecule has 0 aliphatic carbocycles. The molecule has 1 nitrogen and oxygen atoms in total. The van der Waals surface area contributed by atoms with Gasteiger partial charge >= 0.3 is 0 Å². The van der Waals surface area contributed by atoms with Crippen LogP contribution in [0.15, 0.2) is 46.2 Å². The maximum Gasteiger partial charge on any atom is 0.0526 e. The molecule has 1 aliphatic heterocycles. The van der Waals surface area contributed by atoms with E-state index in [2.05, 4.69) is 69.4 Å². The first-order valence-electron chi connectivity index (χ1n) is 7.27. The maximum atomic E-state index is 3.55. The minimum absolute atomic E-state index is 0.573. The average Bonchev–Trinajstić information content (AvgIpc) is 2.43. The van der Waals surface area contributed by atoms with Crippen molar-refractivity contribution in [2.24, 2.45) is 0 Å². The summed E-state index contributed by atoms with van der Waals surface area (Å²) < 4.78 is 0. The van der Waals surface area contributed by atoms with Gasteiger partial charge in [0.05, 0.1) is 11.4 Å². The number of hydrogen-bond acceptors (Lipinski definition) is 2. The molecule has 2 aromatic carbocycles. The van der Waals surface area contributed by atoms with Gasteiger partial charge in [-0.2, -0.15) is 0 Å². The van der Waals surface area contributed by atoms with E-state index in [1.165, 1.54) is 32.3 Å². The zero-order chi connectivity index (χ0) is 14.3.